The van der Waals surface area contributed by atoms with Crippen LogP contribution < -0.4 is 5.32 Å². The number of carbonyl (C=O) groups excluding carboxylic acids is 2. The fourth-order valence-electron chi connectivity index (χ4n) is 4.31. The van der Waals surface area contributed by atoms with E-state index in [4.69, 9.17) is 0 Å². The van der Waals surface area contributed by atoms with E-state index >= 15 is 0 Å². The molecular formula is C25H28N4O2S. The van der Waals surface area contributed by atoms with Gasteiger partial charge in [-0.3, -0.25) is 14.3 Å². The Hall–Kier alpha value is -2.93. The molecule has 4 rings (SSSR count). The van der Waals surface area contributed by atoms with Gasteiger partial charge in [0.15, 0.2) is 5.78 Å². The first kappa shape index (κ1) is 22.3. The van der Waals surface area contributed by atoms with Crippen LogP contribution in [0.2, 0.25) is 0 Å². The van der Waals surface area contributed by atoms with Gasteiger partial charge in [-0.2, -0.15) is 5.10 Å². The van der Waals surface area contributed by atoms with Gasteiger partial charge in [0.1, 0.15) is 11.4 Å². The van der Waals surface area contributed by atoms with Gasteiger partial charge in [-0.25, -0.2) is 4.98 Å². The minimum Gasteiger partial charge on any atom is -0.310 e. The number of Topliss-reactive ketones (excluding diaryl/α,β-unsaturated/α-hetero) is 1. The first-order valence-electron chi connectivity index (χ1n) is 10.9. The third-order valence-electron chi connectivity index (χ3n) is 5.90. The van der Waals surface area contributed by atoms with E-state index in [1.807, 2.05) is 55.8 Å². The van der Waals surface area contributed by atoms with Gasteiger partial charge in [0.05, 0.1) is 17.8 Å². The number of thioether (sulfide) groups is 1. The summed E-state index contributed by atoms with van der Waals surface area (Å²) in [4.78, 5) is 31.7. The average molecular weight is 449 g/mol. The SMILES string of the molecule is CCSc1ccc(CC(=O)Nc2ccc3c(n2)CCC(C)(n2nc(C)cc2C)C3=O)cc1. The van der Waals surface area contributed by atoms with E-state index < -0.39 is 5.54 Å². The summed E-state index contributed by atoms with van der Waals surface area (Å²) >= 11 is 1.78. The number of aromatic nitrogens is 3. The topological polar surface area (TPSA) is 76.9 Å². The van der Waals surface area contributed by atoms with Crippen LogP contribution in [0.15, 0.2) is 47.4 Å². The highest BCUT2D eigenvalue weighted by Gasteiger charge is 2.42. The van der Waals surface area contributed by atoms with Crippen LogP contribution in [-0.2, 0) is 23.2 Å². The highest BCUT2D eigenvalue weighted by Crippen LogP contribution is 2.34. The molecule has 1 amide bonds. The summed E-state index contributed by atoms with van der Waals surface area (Å²) in [5.74, 6) is 1.39. The van der Waals surface area contributed by atoms with Gasteiger partial charge in [-0.15, -0.1) is 11.8 Å². The quantitative estimate of drug-likeness (QED) is 0.552. The van der Waals surface area contributed by atoms with Crippen LogP contribution in [0.3, 0.4) is 0 Å². The lowest BCUT2D eigenvalue weighted by molar-refractivity contribution is -0.115. The second-order valence-corrected chi connectivity index (χ2v) is 9.77. The van der Waals surface area contributed by atoms with Gasteiger partial charge in [0.25, 0.3) is 0 Å². The number of ketones is 1. The minimum absolute atomic E-state index is 0.0142. The van der Waals surface area contributed by atoms with Crippen molar-refractivity contribution in [1.29, 1.82) is 0 Å². The predicted molar refractivity (Wildman–Crippen MR) is 127 cm³/mol. The summed E-state index contributed by atoms with van der Waals surface area (Å²) in [6.07, 6.45) is 1.55. The third-order valence-corrected chi connectivity index (χ3v) is 6.79. The van der Waals surface area contributed by atoms with Crippen LogP contribution in [0, 0.1) is 13.8 Å². The number of pyridine rings is 1. The molecule has 3 aromatic rings. The molecule has 0 saturated heterocycles. The number of benzene rings is 1. The summed E-state index contributed by atoms with van der Waals surface area (Å²) in [5, 5.41) is 7.43. The van der Waals surface area contributed by atoms with Gasteiger partial charge in [-0.1, -0.05) is 19.1 Å². The van der Waals surface area contributed by atoms with Crippen molar-refractivity contribution in [1.82, 2.24) is 14.8 Å². The van der Waals surface area contributed by atoms with Gasteiger partial charge >= 0.3 is 0 Å². The molecule has 1 aliphatic carbocycles. The van der Waals surface area contributed by atoms with Gasteiger partial charge < -0.3 is 5.32 Å². The number of aryl methyl sites for hydroxylation is 3. The Kier molecular flexibility index (Phi) is 6.20. The molecule has 2 aromatic heterocycles. The van der Waals surface area contributed by atoms with Gasteiger partial charge in [-0.05, 0) is 75.3 Å². The maximum Gasteiger partial charge on any atom is 0.229 e. The van der Waals surface area contributed by atoms with E-state index in [9.17, 15) is 9.59 Å². The van der Waals surface area contributed by atoms with Crippen molar-refractivity contribution in [3.63, 3.8) is 0 Å². The smallest absolute Gasteiger partial charge is 0.229 e. The second-order valence-electron chi connectivity index (χ2n) is 8.43. The Morgan fingerprint density at radius 1 is 1.19 bits per heavy atom. The van der Waals surface area contributed by atoms with Crippen molar-refractivity contribution in [2.45, 2.75) is 57.4 Å². The molecule has 1 N–H and O–H groups in total. The molecule has 0 bridgehead atoms. The van der Waals surface area contributed by atoms with E-state index in [-0.39, 0.29) is 18.1 Å². The normalized spacial score (nSPS) is 17.8. The number of nitrogens with one attached hydrogen (secondary N) is 1. The molecule has 1 unspecified atom stereocenters. The van der Waals surface area contributed by atoms with Crippen molar-refractivity contribution in [2.24, 2.45) is 0 Å². The van der Waals surface area contributed by atoms with E-state index in [1.165, 1.54) is 4.90 Å². The standard InChI is InChI=1S/C25H28N4O2S/c1-5-32-19-8-6-18(7-9-19)15-23(30)27-22-11-10-20-21(26-22)12-13-25(4,24(20)31)29-17(3)14-16(2)28-29/h6-11,14H,5,12-13,15H2,1-4H3,(H,26,27,30). The van der Waals surface area contributed by atoms with Crippen LogP contribution in [0.5, 0.6) is 0 Å². The third kappa shape index (κ3) is 4.35. The zero-order chi connectivity index (χ0) is 22.9. The average Bonchev–Trinajstić information content (AvgIpc) is 3.11. The number of rotatable bonds is 6. The first-order chi connectivity index (χ1) is 15.3. The summed E-state index contributed by atoms with van der Waals surface area (Å²) in [7, 11) is 0. The number of amides is 1. The fourth-order valence-corrected chi connectivity index (χ4v) is 4.97. The molecule has 166 valence electrons. The lowest BCUT2D eigenvalue weighted by Crippen LogP contribution is -2.44. The predicted octanol–water partition coefficient (Wildman–Crippen LogP) is 4.73. The number of carbonyl (C=O) groups is 2. The Balaban J connectivity index is 1.47. The molecule has 1 aliphatic rings. The second kappa shape index (κ2) is 8.90. The number of nitrogens with zero attached hydrogens (tertiary/aromatic N) is 3. The van der Waals surface area contributed by atoms with Crippen molar-refractivity contribution in [2.75, 3.05) is 11.1 Å². The molecule has 0 radical (unpaired) electrons. The number of hydrogen-bond donors (Lipinski definition) is 1. The van der Waals surface area contributed by atoms with E-state index in [2.05, 4.69) is 22.3 Å². The van der Waals surface area contributed by atoms with Crippen molar-refractivity contribution in [3.05, 3.63) is 70.7 Å². The maximum atomic E-state index is 13.4. The van der Waals surface area contributed by atoms with Crippen molar-refractivity contribution in [3.8, 4) is 0 Å². The summed E-state index contributed by atoms with van der Waals surface area (Å²) in [6.45, 7) is 7.97. The maximum absolute atomic E-state index is 13.4. The first-order valence-corrected chi connectivity index (χ1v) is 11.9. The van der Waals surface area contributed by atoms with E-state index in [0.29, 0.717) is 24.2 Å². The Bertz CT molecular complexity index is 1170. The van der Waals surface area contributed by atoms with Crippen LogP contribution in [0.25, 0.3) is 0 Å². The van der Waals surface area contributed by atoms with E-state index in [0.717, 1.165) is 28.4 Å². The molecule has 32 heavy (non-hydrogen) atoms. The zero-order valence-electron chi connectivity index (χ0n) is 18.9. The Morgan fingerprint density at radius 3 is 2.59 bits per heavy atom. The molecule has 6 nitrogen and oxygen atoms in total. The molecule has 0 fully saturated rings. The molecule has 1 atom stereocenters. The highest BCUT2D eigenvalue weighted by atomic mass is 32.2. The number of anilines is 1. The largest absolute Gasteiger partial charge is 0.310 e. The zero-order valence-corrected chi connectivity index (χ0v) is 19.8. The number of hydrogen-bond acceptors (Lipinski definition) is 5. The van der Waals surface area contributed by atoms with Gasteiger partial charge in [0.2, 0.25) is 5.91 Å². The van der Waals surface area contributed by atoms with Crippen LogP contribution in [-0.4, -0.2) is 32.2 Å². The summed E-state index contributed by atoms with van der Waals surface area (Å²) in [6, 6.07) is 13.5. The lowest BCUT2D eigenvalue weighted by Gasteiger charge is -2.34. The van der Waals surface area contributed by atoms with Crippen LogP contribution >= 0.6 is 11.8 Å². The molecule has 2 heterocycles. The summed E-state index contributed by atoms with van der Waals surface area (Å²) < 4.78 is 1.84. The highest BCUT2D eigenvalue weighted by molar-refractivity contribution is 7.99. The van der Waals surface area contributed by atoms with Crippen molar-refractivity contribution >= 4 is 29.3 Å². The molecular weight excluding hydrogens is 420 g/mol. The molecule has 7 heteroatoms. The van der Waals surface area contributed by atoms with Crippen LogP contribution in [0.4, 0.5) is 5.82 Å². The van der Waals surface area contributed by atoms with Crippen LogP contribution in [0.1, 0.15) is 53.3 Å². The van der Waals surface area contributed by atoms with Crippen molar-refractivity contribution < 1.29 is 9.59 Å². The molecule has 0 spiro atoms. The Labute approximate surface area is 192 Å². The molecule has 1 aromatic carbocycles. The van der Waals surface area contributed by atoms with Gasteiger partial charge in [0, 0.05) is 16.2 Å². The lowest BCUT2D eigenvalue weighted by atomic mass is 9.80. The monoisotopic (exact) mass is 448 g/mol. The molecule has 0 saturated carbocycles. The minimum atomic E-state index is -0.722. The Morgan fingerprint density at radius 2 is 1.94 bits per heavy atom. The van der Waals surface area contributed by atoms with E-state index in [1.54, 1.807) is 23.9 Å². The fraction of sp³-hybridized carbons (Fsp3) is 0.360. The molecule has 0 aliphatic heterocycles. The number of fused-ring (bicyclic) bond motifs is 1. The summed E-state index contributed by atoms with van der Waals surface area (Å²) in [5.41, 5.74) is 3.44.